The van der Waals surface area contributed by atoms with Gasteiger partial charge in [0.25, 0.3) is 0 Å². The summed E-state index contributed by atoms with van der Waals surface area (Å²) >= 11 is 5.79. The number of halogens is 1. The minimum atomic E-state index is 0.366. The predicted octanol–water partition coefficient (Wildman–Crippen LogP) is 2.72. The van der Waals surface area contributed by atoms with Gasteiger partial charge in [-0.2, -0.15) is 5.10 Å². The van der Waals surface area contributed by atoms with Crippen LogP contribution in [0.15, 0.2) is 13.2 Å². The molecule has 2 nitrogen and oxygen atoms in total. The van der Waals surface area contributed by atoms with Gasteiger partial charge in [-0.25, -0.2) is 0 Å². The molecular formula is C9H9ClN2. The third kappa shape index (κ3) is 1.38. The van der Waals surface area contributed by atoms with Gasteiger partial charge in [0.2, 0.25) is 0 Å². The molecule has 0 N–H and O–H groups in total. The molecule has 3 heteroatoms. The van der Waals surface area contributed by atoms with E-state index in [1.54, 1.807) is 12.2 Å². The second kappa shape index (κ2) is 3.50. The van der Waals surface area contributed by atoms with Gasteiger partial charge >= 0.3 is 0 Å². The third-order valence-corrected chi connectivity index (χ3v) is 1.88. The lowest BCUT2D eigenvalue weighted by atomic mass is 10.1. The van der Waals surface area contributed by atoms with Gasteiger partial charge in [-0.3, -0.25) is 0 Å². The van der Waals surface area contributed by atoms with Gasteiger partial charge in [0.15, 0.2) is 5.15 Å². The molecule has 0 radical (unpaired) electrons. The van der Waals surface area contributed by atoms with E-state index in [-0.39, 0.29) is 0 Å². The highest BCUT2D eigenvalue weighted by Crippen LogP contribution is 2.20. The van der Waals surface area contributed by atoms with E-state index in [4.69, 9.17) is 11.6 Å². The van der Waals surface area contributed by atoms with Crippen LogP contribution in [-0.4, -0.2) is 10.2 Å². The molecule has 1 aromatic rings. The first-order chi connectivity index (χ1) is 5.70. The van der Waals surface area contributed by atoms with Crippen molar-refractivity contribution in [2.75, 3.05) is 0 Å². The van der Waals surface area contributed by atoms with Gasteiger partial charge in [-0.15, -0.1) is 5.10 Å². The standard InChI is InChI=1S/C9H9ClN2/c1-4-7-6(3)11-12-9(10)8(7)5-2/h4-5H,1-2H2,3H3. The molecule has 0 fully saturated rings. The summed E-state index contributed by atoms with van der Waals surface area (Å²) in [5, 5.41) is 7.98. The second-order valence-corrected chi connectivity index (χ2v) is 2.67. The van der Waals surface area contributed by atoms with Crippen molar-refractivity contribution in [1.29, 1.82) is 0 Å². The predicted molar refractivity (Wildman–Crippen MR) is 52.0 cm³/mol. The Morgan fingerprint density at radius 2 is 1.75 bits per heavy atom. The van der Waals surface area contributed by atoms with Gasteiger partial charge in [0.05, 0.1) is 5.69 Å². The minimum absolute atomic E-state index is 0.366. The van der Waals surface area contributed by atoms with Gasteiger partial charge in [0.1, 0.15) is 0 Å². The van der Waals surface area contributed by atoms with Crippen molar-refractivity contribution in [3.63, 3.8) is 0 Å². The first-order valence-electron chi connectivity index (χ1n) is 3.48. The molecule has 0 saturated carbocycles. The van der Waals surface area contributed by atoms with E-state index < -0.39 is 0 Å². The van der Waals surface area contributed by atoms with Gasteiger partial charge < -0.3 is 0 Å². The van der Waals surface area contributed by atoms with Crippen LogP contribution in [0.2, 0.25) is 5.15 Å². The molecular weight excluding hydrogens is 172 g/mol. The molecule has 0 aliphatic heterocycles. The fourth-order valence-corrected chi connectivity index (χ4v) is 1.20. The van der Waals surface area contributed by atoms with Gasteiger partial charge in [-0.05, 0) is 6.92 Å². The highest BCUT2D eigenvalue weighted by molar-refractivity contribution is 6.31. The molecule has 12 heavy (non-hydrogen) atoms. The Hall–Kier alpha value is -1.15. The third-order valence-electron chi connectivity index (χ3n) is 1.60. The van der Waals surface area contributed by atoms with Crippen LogP contribution >= 0.6 is 11.6 Å². The lowest BCUT2D eigenvalue weighted by molar-refractivity contribution is 0.972. The van der Waals surface area contributed by atoms with Crippen LogP contribution in [0, 0.1) is 6.92 Å². The topological polar surface area (TPSA) is 25.8 Å². The normalized spacial score (nSPS) is 9.50. The van der Waals surface area contributed by atoms with Crippen molar-refractivity contribution in [1.82, 2.24) is 10.2 Å². The fourth-order valence-electron chi connectivity index (χ4n) is 0.984. The molecule has 0 amide bonds. The molecule has 1 aromatic heterocycles. The summed E-state index contributed by atoms with van der Waals surface area (Å²) in [5.74, 6) is 0. The number of hydrogen-bond acceptors (Lipinski definition) is 2. The Morgan fingerprint density at radius 3 is 2.17 bits per heavy atom. The summed E-state index contributed by atoms with van der Waals surface area (Å²) in [6.45, 7) is 9.16. The summed E-state index contributed by atoms with van der Waals surface area (Å²) in [4.78, 5) is 0. The lowest BCUT2D eigenvalue weighted by Crippen LogP contribution is -1.95. The van der Waals surface area contributed by atoms with Crippen LogP contribution in [0.1, 0.15) is 16.8 Å². The molecule has 0 atom stereocenters. The quantitative estimate of drug-likeness (QED) is 0.700. The van der Waals surface area contributed by atoms with Gasteiger partial charge in [-0.1, -0.05) is 36.9 Å². The van der Waals surface area contributed by atoms with Crippen molar-refractivity contribution in [2.24, 2.45) is 0 Å². The van der Waals surface area contributed by atoms with Crippen LogP contribution in [0.3, 0.4) is 0 Å². The average molecular weight is 181 g/mol. The molecule has 1 rings (SSSR count). The van der Waals surface area contributed by atoms with Crippen LogP contribution in [-0.2, 0) is 0 Å². The van der Waals surface area contributed by atoms with E-state index in [9.17, 15) is 0 Å². The smallest absolute Gasteiger partial charge is 0.154 e. The maximum absolute atomic E-state index is 5.79. The highest BCUT2D eigenvalue weighted by atomic mass is 35.5. The van der Waals surface area contributed by atoms with Crippen LogP contribution < -0.4 is 0 Å². The first-order valence-corrected chi connectivity index (χ1v) is 3.86. The zero-order chi connectivity index (χ0) is 9.14. The van der Waals surface area contributed by atoms with E-state index in [0.29, 0.717) is 5.15 Å². The number of nitrogens with zero attached hydrogens (tertiary/aromatic N) is 2. The van der Waals surface area contributed by atoms with E-state index in [0.717, 1.165) is 16.8 Å². The number of aromatic nitrogens is 2. The fraction of sp³-hybridized carbons (Fsp3) is 0.111. The van der Waals surface area contributed by atoms with Gasteiger partial charge in [0, 0.05) is 11.1 Å². The molecule has 62 valence electrons. The van der Waals surface area contributed by atoms with Crippen molar-refractivity contribution in [3.8, 4) is 0 Å². The number of hydrogen-bond donors (Lipinski definition) is 0. The maximum atomic E-state index is 5.79. The first kappa shape index (κ1) is 8.94. The molecule has 0 aliphatic carbocycles. The average Bonchev–Trinajstić information content (AvgIpc) is 2.08. The largest absolute Gasteiger partial charge is 0.159 e. The minimum Gasteiger partial charge on any atom is -0.154 e. The molecule has 0 bridgehead atoms. The van der Waals surface area contributed by atoms with E-state index in [2.05, 4.69) is 23.4 Å². The molecule has 0 spiro atoms. The monoisotopic (exact) mass is 180 g/mol. The Bertz CT molecular complexity index is 299. The summed E-state index contributed by atoms with van der Waals surface area (Å²) in [7, 11) is 0. The Labute approximate surface area is 76.6 Å². The van der Waals surface area contributed by atoms with E-state index in [1.807, 2.05) is 6.92 Å². The Kier molecular flexibility index (Phi) is 2.61. The van der Waals surface area contributed by atoms with Crippen molar-refractivity contribution in [2.45, 2.75) is 6.92 Å². The van der Waals surface area contributed by atoms with Crippen molar-refractivity contribution < 1.29 is 0 Å². The second-order valence-electron chi connectivity index (χ2n) is 2.31. The summed E-state index contributed by atoms with van der Waals surface area (Å²) in [6.07, 6.45) is 3.36. The maximum Gasteiger partial charge on any atom is 0.159 e. The zero-order valence-corrected chi connectivity index (χ0v) is 7.60. The van der Waals surface area contributed by atoms with Crippen LogP contribution in [0.25, 0.3) is 12.2 Å². The lowest BCUT2D eigenvalue weighted by Gasteiger charge is -2.03. The van der Waals surface area contributed by atoms with E-state index in [1.165, 1.54) is 0 Å². The Balaban J connectivity index is 3.48. The molecule has 0 aliphatic rings. The SMILES string of the molecule is C=Cc1c(C)nnc(Cl)c1C=C. The highest BCUT2D eigenvalue weighted by Gasteiger charge is 2.06. The summed E-state index contributed by atoms with van der Waals surface area (Å²) in [5.41, 5.74) is 2.49. The van der Waals surface area contributed by atoms with E-state index >= 15 is 0 Å². The molecule has 0 saturated heterocycles. The van der Waals surface area contributed by atoms with Crippen LogP contribution in [0.4, 0.5) is 0 Å². The molecule has 1 heterocycles. The Morgan fingerprint density at radius 1 is 1.17 bits per heavy atom. The summed E-state index contributed by atoms with van der Waals surface area (Å²) < 4.78 is 0. The zero-order valence-electron chi connectivity index (χ0n) is 6.84. The molecule has 0 unspecified atom stereocenters. The number of rotatable bonds is 2. The van der Waals surface area contributed by atoms with Crippen LogP contribution in [0.5, 0.6) is 0 Å². The van der Waals surface area contributed by atoms with Crippen molar-refractivity contribution in [3.05, 3.63) is 35.1 Å². The number of aryl methyl sites for hydroxylation is 1. The molecule has 0 aromatic carbocycles. The van der Waals surface area contributed by atoms with Crippen molar-refractivity contribution >= 4 is 23.8 Å². The summed E-state index contributed by atoms with van der Waals surface area (Å²) in [6, 6.07) is 0.